The Labute approximate surface area is 83.0 Å². The van der Waals surface area contributed by atoms with Crippen LogP contribution >= 0.6 is 11.3 Å². The van der Waals surface area contributed by atoms with Crippen molar-refractivity contribution in [1.29, 1.82) is 0 Å². The van der Waals surface area contributed by atoms with Crippen molar-refractivity contribution < 1.29 is 4.79 Å². The standard InChI is InChI=1S/C10H15NOS/c1-4-10(2,3)9(12)5-8-6-11-7-13-8/h6-7H,4-5H2,1-3H3. The Morgan fingerprint density at radius 2 is 2.31 bits per heavy atom. The highest BCUT2D eigenvalue weighted by molar-refractivity contribution is 7.09. The van der Waals surface area contributed by atoms with E-state index < -0.39 is 0 Å². The lowest BCUT2D eigenvalue weighted by Crippen LogP contribution is -2.24. The van der Waals surface area contributed by atoms with Crippen molar-refractivity contribution in [2.45, 2.75) is 33.6 Å². The number of ketones is 1. The van der Waals surface area contributed by atoms with Gasteiger partial charge in [-0.15, -0.1) is 11.3 Å². The Bertz CT molecular complexity index is 277. The van der Waals surface area contributed by atoms with E-state index in [1.54, 1.807) is 23.0 Å². The van der Waals surface area contributed by atoms with Crippen LogP contribution in [-0.4, -0.2) is 10.8 Å². The molecule has 0 atom stereocenters. The number of nitrogens with zero attached hydrogens (tertiary/aromatic N) is 1. The summed E-state index contributed by atoms with van der Waals surface area (Å²) in [5.41, 5.74) is 1.57. The molecule has 0 saturated heterocycles. The zero-order valence-electron chi connectivity index (χ0n) is 8.33. The third-order valence-corrected chi connectivity index (χ3v) is 3.24. The SMILES string of the molecule is CCC(C)(C)C(=O)Cc1cncs1. The fourth-order valence-corrected chi connectivity index (χ4v) is 1.52. The van der Waals surface area contributed by atoms with Crippen LogP contribution in [0.3, 0.4) is 0 Å². The largest absolute Gasteiger partial charge is 0.299 e. The Morgan fingerprint density at radius 3 is 2.77 bits per heavy atom. The number of carbonyl (C=O) groups excluding carboxylic acids is 1. The maximum absolute atomic E-state index is 11.7. The van der Waals surface area contributed by atoms with Gasteiger partial charge in [0.05, 0.1) is 5.51 Å². The minimum absolute atomic E-state index is 0.190. The van der Waals surface area contributed by atoms with E-state index in [0.29, 0.717) is 12.2 Å². The molecule has 0 fully saturated rings. The molecule has 0 N–H and O–H groups in total. The summed E-state index contributed by atoms with van der Waals surface area (Å²) >= 11 is 1.55. The van der Waals surface area contributed by atoms with Gasteiger partial charge in [0.25, 0.3) is 0 Å². The fraction of sp³-hybridized carbons (Fsp3) is 0.600. The first-order valence-corrected chi connectivity index (χ1v) is 5.35. The zero-order valence-corrected chi connectivity index (χ0v) is 9.15. The topological polar surface area (TPSA) is 30.0 Å². The molecule has 1 rings (SSSR count). The van der Waals surface area contributed by atoms with E-state index in [1.165, 1.54) is 0 Å². The molecule has 1 heterocycles. The van der Waals surface area contributed by atoms with E-state index in [2.05, 4.69) is 4.98 Å². The normalized spacial score (nSPS) is 11.6. The number of hydrogen-bond acceptors (Lipinski definition) is 3. The van der Waals surface area contributed by atoms with Crippen molar-refractivity contribution >= 4 is 17.1 Å². The molecule has 3 heteroatoms. The van der Waals surface area contributed by atoms with Gasteiger partial charge in [-0.25, -0.2) is 0 Å². The van der Waals surface area contributed by atoms with Crippen LogP contribution in [0.5, 0.6) is 0 Å². The van der Waals surface area contributed by atoms with E-state index in [9.17, 15) is 4.79 Å². The number of rotatable bonds is 4. The highest BCUT2D eigenvalue weighted by Gasteiger charge is 2.25. The van der Waals surface area contributed by atoms with Gasteiger partial charge < -0.3 is 0 Å². The molecular weight excluding hydrogens is 182 g/mol. The summed E-state index contributed by atoms with van der Waals surface area (Å²) < 4.78 is 0. The Morgan fingerprint density at radius 1 is 1.62 bits per heavy atom. The average molecular weight is 197 g/mol. The van der Waals surface area contributed by atoms with Gasteiger partial charge in [0.2, 0.25) is 0 Å². The Kier molecular flexibility index (Phi) is 3.20. The minimum Gasteiger partial charge on any atom is -0.299 e. The summed E-state index contributed by atoms with van der Waals surface area (Å²) in [6.45, 7) is 6.04. The number of hydrogen-bond donors (Lipinski definition) is 0. The van der Waals surface area contributed by atoms with Crippen LogP contribution < -0.4 is 0 Å². The molecule has 0 saturated carbocycles. The maximum atomic E-state index is 11.7. The van der Waals surface area contributed by atoms with Gasteiger partial charge in [-0.05, 0) is 6.42 Å². The lowest BCUT2D eigenvalue weighted by molar-refractivity contribution is -0.126. The first-order valence-electron chi connectivity index (χ1n) is 4.47. The summed E-state index contributed by atoms with van der Waals surface area (Å²) in [6.07, 6.45) is 3.20. The molecule has 0 radical (unpaired) electrons. The van der Waals surface area contributed by atoms with Crippen LogP contribution in [0, 0.1) is 5.41 Å². The van der Waals surface area contributed by atoms with Crippen LogP contribution in [0.25, 0.3) is 0 Å². The Balaban J connectivity index is 2.61. The van der Waals surface area contributed by atoms with Crippen molar-refractivity contribution in [3.63, 3.8) is 0 Å². The molecule has 0 amide bonds. The lowest BCUT2D eigenvalue weighted by atomic mass is 9.84. The number of Topliss-reactive ketones (excluding diaryl/α,β-unsaturated/α-hetero) is 1. The van der Waals surface area contributed by atoms with E-state index in [1.807, 2.05) is 20.8 Å². The van der Waals surface area contributed by atoms with Crippen LogP contribution in [-0.2, 0) is 11.2 Å². The van der Waals surface area contributed by atoms with Gasteiger partial charge in [-0.1, -0.05) is 20.8 Å². The summed E-state index contributed by atoms with van der Waals surface area (Å²) in [5.74, 6) is 0.305. The highest BCUT2D eigenvalue weighted by Crippen LogP contribution is 2.23. The van der Waals surface area contributed by atoms with Crippen LogP contribution in [0.2, 0.25) is 0 Å². The molecule has 0 spiro atoms. The van der Waals surface area contributed by atoms with Crippen molar-refractivity contribution in [2.24, 2.45) is 5.41 Å². The first kappa shape index (κ1) is 10.4. The number of aromatic nitrogens is 1. The summed E-state index contributed by atoms with van der Waals surface area (Å²) in [5, 5.41) is 0. The predicted molar refractivity (Wildman–Crippen MR) is 54.9 cm³/mol. The summed E-state index contributed by atoms with van der Waals surface area (Å²) in [7, 11) is 0. The van der Waals surface area contributed by atoms with E-state index in [0.717, 1.165) is 11.3 Å². The second-order valence-electron chi connectivity index (χ2n) is 3.81. The van der Waals surface area contributed by atoms with Crippen molar-refractivity contribution in [3.8, 4) is 0 Å². The average Bonchev–Trinajstić information content (AvgIpc) is 2.57. The second-order valence-corrected chi connectivity index (χ2v) is 4.78. The van der Waals surface area contributed by atoms with E-state index >= 15 is 0 Å². The molecule has 0 bridgehead atoms. The summed E-state index contributed by atoms with van der Waals surface area (Å²) in [4.78, 5) is 16.8. The maximum Gasteiger partial charge on any atom is 0.143 e. The highest BCUT2D eigenvalue weighted by atomic mass is 32.1. The lowest BCUT2D eigenvalue weighted by Gasteiger charge is -2.19. The van der Waals surface area contributed by atoms with Gasteiger partial charge >= 0.3 is 0 Å². The third kappa shape index (κ3) is 2.62. The number of carbonyl (C=O) groups is 1. The molecule has 0 aliphatic rings. The smallest absolute Gasteiger partial charge is 0.143 e. The van der Waals surface area contributed by atoms with Crippen molar-refractivity contribution in [3.05, 3.63) is 16.6 Å². The molecule has 1 aromatic rings. The Hall–Kier alpha value is -0.700. The van der Waals surface area contributed by atoms with E-state index in [-0.39, 0.29) is 5.41 Å². The molecule has 0 aliphatic carbocycles. The fourth-order valence-electron chi connectivity index (χ4n) is 0.924. The molecule has 0 aliphatic heterocycles. The van der Waals surface area contributed by atoms with E-state index in [4.69, 9.17) is 0 Å². The van der Waals surface area contributed by atoms with Crippen LogP contribution in [0.15, 0.2) is 11.7 Å². The van der Waals surface area contributed by atoms with Gasteiger partial charge in [0.1, 0.15) is 5.78 Å². The molecule has 0 unspecified atom stereocenters. The molecule has 2 nitrogen and oxygen atoms in total. The zero-order chi connectivity index (χ0) is 9.90. The molecular formula is C10H15NOS. The van der Waals surface area contributed by atoms with Gasteiger partial charge in [-0.3, -0.25) is 9.78 Å². The van der Waals surface area contributed by atoms with Gasteiger partial charge in [-0.2, -0.15) is 0 Å². The third-order valence-electron chi connectivity index (χ3n) is 2.46. The molecule has 72 valence electrons. The van der Waals surface area contributed by atoms with Crippen LogP contribution in [0.1, 0.15) is 32.1 Å². The quantitative estimate of drug-likeness (QED) is 0.742. The molecule has 0 aromatic carbocycles. The molecule has 13 heavy (non-hydrogen) atoms. The van der Waals surface area contributed by atoms with Gasteiger partial charge in [0.15, 0.2) is 0 Å². The summed E-state index contributed by atoms with van der Waals surface area (Å²) in [6, 6.07) is 0. The predicted octanol–water partition coefficient (Wildman–Crippen LogP) is 2.69. The second kappa shape index (κ2) is 4.01. The van der Waals surface area contributed by atoms with Crippen molar-refractivity contribution in [2.75, 3.05) is 0 Å². The van der Waals surface area contributed by atoms with Gasteiger partial charge in [0, 0.05) is 22.9 Å². The number of thiazole rings is 1. The minimum atomic E-state index is -0.190. The molecule has 1 aromatic heterocycles. The monoisotopic (exact) mass is 197 g/mol. The van der Waals surface area contributed by atoms with Crippen molar-refractivity contribution in [1.82, 2.24) is 4.98 Å². The first-order chi connectivity index (χ1) is 6.06. The van der Waals surface area contributed by atoms with Crippen LogP contribution in [0.4, 0.5) is 0 Å².